The van der Waals surface area contributed by atoms with Gasteiger partial charge in [-0.05, 0) is 135 Å². The monoisotopic (exact) mass is 1210 g/mol. The zero-order valence-corrected chi connectivity index (χ0v) is 56.3. The molecule has 3 atom stereocenters. The van der Waals surface area contributed by atoms with Gasteiger partial charge in [-0.2, -0.15) is 0 Å². The Hall–Kier alpha value is -3.28. The first-order chi connectivity index (χ1) is 42.1. The molecule has 0 amide bonds. The molecule has 0 aliphatic heterocycles. The zero-order chi connectivity index (χ0) is 62.9. The summed E-state index contributed by atoms with van der Waals surface area (Å²) >= 11 is 0. The molecule has 0 aromatic carbocycles. The van der Waals surface area contributed by atoms with Crippen molar-refractivity contribution in [3.8, 4) is 0 Å². The molecule has 0 radical (unpaired) electrons. The van der Waals surface area contributed by atoms with Crippen LogP contribution in [-0.2, 0) is 38.1 Å². The van der Waals surface area contributed by atoms with Crippen molar-refractivity contribution in [1.29, 1.82) is 0 Å². The van der Waals surface area contributed by atoms with Crippen molar-refractivity contribution in [3.05, 3.63) is 48.6 Å². The van der Waals surface area contributed by atoms with E-state index >= 15 is 0 Å². The second kappa shape index (κ2) is 64.7. The van der Waals surface area contributed by atoms with E-state index in [4.69, 9.17) is 18.9 Å². The largest absolute Gasteiger partial charge is 0.457 e. The normalized spacial score (nSPS) is 13.2. The molecule has 11 heteroatoms. The summed E-state index contributed by atoms with van der Waals surface area (Å²) in [6.45, 7) is 7.54. The number of carbonyl (C=O) groups is 4. The van der Waals surface area contributed by atoms with Crippen LogP contribution in [0.4, 0.5) is 0 Å². The first-order valence-corrected chi connectivity index (χ1v) is 36.5. The second-order valence-electron chi connectivity index (χ2n) is 24.9. The van der Waals surface area contributed by atoms with Gasteiger partial charge in [-0.1, -0.05) is 263 Å². The number of hydrogen-bond acceptors (Lipinski definition) is 11. The van der Waals surface area contributed by atoms with Gasteiger partial charge in [0, 0.05) is 19.3 Å². The van der Waals surface area contributed by atoms with Crippen LogP contribution >= 0.6 is 0 Å². The van der Waals surface area contributed by atoms with Crippen LogP contribution < -0.4 is 0 Å². The Labute approximate surface area is 528 Å². The van der Waals surface area contributed by atoms with Gasteiger partial charge in [0.05, 0.1) is 12.7 Å². The van der Waals surface area contributed by atoms with Gasteiger partial charge in [0.15, 0.2) is 6.10 Å². The number of rotatable bonds is 66. The molecular weight excluding hydrogens is 1080 g/mol. The summed E-state index contributed by atoms with van der Waals surface area (Å²) in [7, 11) is 0. The van der Waals surface area contributed by atoms with Crippen LogP contribution in [0.5, 0.6) is 0 Å². The molecule has 0 aliphatic rings. The highest BCUT2D eigenvalue weighted by Gasteiger charge is 2.57. The van der Waals surface area contributed by atoms with E-state index in [-0.39, 0.29) is 31.8 Å². The highest BCUT2D eigenvalue weighted by Crippen LogP contribution is 2.31. The fourth-order valence-corrected chi connectivity index (χ4v) is 10.8. The van der Waals surface area contributed by atoms with Crippen molar-refractivity contribution in [2.24, 2.45) is 0 Å². The van der Waals surface area contributed by atoms with Crippen LogP contribution in [0, 0.1) is 0 Å². The van der Waals surface area contributed by atoms with Crippen LogP contribution in [0.25, 0.3) is 0 Å². The standard InChI is InChI=1S/C75H136O11/c1-5-9-13-17-20-23-26-29-32-35-38-41-44-51-57-63-71(79)84-70(62-56-50-48-47-49-55-61-68(77)60-54-16-12-8-4)75(74(82)83-67-69(78)66-76,85-72(80)64-58-52-45-42-39-36-33-30-27-24-21-18-14-10-6-2)86-73(81)65-59-53-46-43-40-37-34-31-28-25-22-19-15-11-7-3/h29-34,49,55,68-70,76-78H,5-28,35-48,50-54,56-67H2,1-4H3/b32-29-,33-30-,34-31-,55-49-/t68-,69?,70?/m1/s1. The third-order valence-electron chi connectivity index (χ3n) is 16.4. The van der Waals surface area contributed by atoms with Crippen LogP contribution in [0.1, 0.15) is 368 Å². The summed E-state index contributed by atoms with van der Waals surface area (Å²) in [5.74, 6) is -6.22. The van der Waals surface area contributed by atoms with E-state index in [9.17, 15) is 34.5 Å². The van der Waals surface area contributed by atoms with Gasteiger partial charge in [0.25, 0.3) is 0 Å². The van der Waals surface area contributed by atoms with Crippen molar-refractivity contribution < 1.29 is 53.4 Å². The van der Waals surface area contributed by atoms with E-state index in [1.807, 2.05) is 6.08 Å². The molecule has 0 saturated carbocycles. The van der Waals surface area contributed by atoms with E-state index in [1.165, 1.54) is 122 Å². The predicted octanol–water partition coefficient (Wildman–Crippen LogP) is 20.9. The summed E-state index contributed by atoms with van der Waals surface area (Å²) in [5, 5.41) is 30.6. The number of allylic oxidation sites excluding steroid dienone is 7. The Bertz CT molecular complexity index is 1580. The molecule has 0 rings (SSSR count). The van der Waals surface area contributed by atoms with Crippen molar-refractivity contribution in [1.82, 2.24) is 0 Å². The first-order valence-electron chi connectivity index (χ1n) is 36.5. The van der Waals surface area contributed by atoms with E-state index in [0.29, 0.717) is 38.5 Å². The predicted molar refractivity (Wildman–Crippen MR) is 359 cm³/mol. The summed E-state index contributed by atoms with van der Waals surface area (Å²) < 4.78 is 24.0. The highest BCUT2D eigenvalue weighted by molar-refractivity contribution is 5.86. The van der Waals surface area contributed by atoms with E-state index in [2.05, 4.69) is 70.2 Å². The average Bonchev–Trinajstić information content (AvgIpc) is 1.25. The molecule has 0 aromatic heterocycles. The minimum atomic E-state index is -2.78. The summed E-state index contributed by atoms with van der Waals surface area (Å²) in [6.07, 6.45) is 65.6. The fourth-order valence-electron chi connectivity index (χ4n) is 10.8. The number of carbonyl (C=O) groups excluding carboxylic acids is 4. The number of esters is 4. The Kier molecular flexibility index (Phi) is 62.2. The molecule has 2 unspecified atom stereocenters. The Balaban J connectivity index is 6.28. The molecule has 0 spiro atoms. The Morgan fingerprint density at radius 2 is 0.640 bits per heavy atom. The smallest absolute Gasteiger partial charge is 0.397 e. The van der Waals surface area contributed by atoms with Crippen LogP contribution in [-0.4, -0.2) is 76.5 Å². The lowest BCUT2D eigenvalue weighted by molar-refractivity contribution is -0.270. The lowest BCUT2D eigenvalue weighted by Crippen LogP contribution is -2.58. The van der Waals surface area contributed by atoms with Crippen molar-refractivity contribution >= 4 is 23.9 Å². The number of ether oxygens (including phenoxy) is 4. The van der Waals surface area contributed by atoms with Gasteiger partial charge in [0.1, 0.15) is 12.7 Å². The molecule has 0 aliphatic carbocycles. The average molecular weight is 1210 g/mol. The molecule has 3 N–H and O–H groups in total. The molecule has 0 saturated heterocycles. The van der Waals surface area contributed by atoms with Crippen molar-refractivity contribution in [3.63, 3.8) is 0 Å². The molecular formula is C75H136O11. The molecule has 11 nitrogen and oxygen atoms in total. The first kappa shape index (κ1) is 82.7. The lowest BCUT2D eigenvalue weighted by atomic mass is 10.0. The molecule has 0 aromatic rings. The zero-order valence-electron chi connectivity index (χ0n) is 56.3. The number of aliphatic hydroxyl groups is 3. The number of aliphatic hydroxyl groups excluding tert-OH is 3. The lowest BCUT2D eigenvalue weighted by Gasteiger charge is -2.36. The Morgan fingerprint density at radius 3 is 1.00 bits per heavy atom. The van der Waals surface area contributed by atoms with E-state index in [0.717, 1.165) is 154 Å². The molecule has 0 bridgehead atoms. The SMILES string of the molecule is CCCCCCCC/C=C\CCCCCCCC(=O)OC(CCCCC/C=C\C[C@H](O)CCCCCC)C(OC(=O)CCCCCCC/C=C\CCCCCCCC)(OC(=O)CCCCCCC/C=C\CCCCCCCC)C(=O)OCC(O)CO. The summed E-state index contributed by atoms with van der Waals surface area (Å²) in [6, 6.07) is 0. The molecule has 502 valence electrons. The van der Waals surface area contributed by atoms with Gasteiger partial charge in [0.2, 0.25) is 0 Å². The molecule has 0 heterocycles. The minimum absolute atomic E-state index is 0.0251. The van der Waals surface area contributed by atoms with Crippen LogP contribution in [0.2, 0.25) is 0 Å². The fraction of sp³-hybridized carbons (Fsp3) is 0.840. The van der Waals surface area contributed by atoms with E-state index < -0.39 is 55.1 Å². The van der Waals surface area contributed by atoms with Crippen molar-refractivity contribution in [2.75, 3.05) is 13.2 Å². The minimum Gasteiger partial charge on any atom is -0.457 e. The third-order valence-corrected chi connectivity index (χ3v) is 16.4. The Morgan fingerprint density at radius 1 is 0.349 bits per heavy atom. The maximum absolute atomic E-state index is 14.7. The summed E-state index contributed by atoms with van der Waals surface area (Å²) in [5.41, 5.74) is 0. The van der Waals surface area contributed by atoms with Crippen LogP contribution in [0.3, 0.4) is 0 Å². The topological polar surface area (TPSA) is 166 Å². The maximum Gasteiger partial charge on any atom is 0.397 e. The maximum atomic E-state index is 14.7. The highest BCUT2D eigenvalue weighted by atomic mass is 16.8. The van der Waals surface area contributed by atoms with Gasteiger partial charge in [-0.3, -0.25) is 14.4 Å². The molecule has 0 fully saturated rings. The summed E-state index contributed by atoms with van der Waals surface area (Å²) in [4.78, 5) is 56.9. The molecule has 86 heavy (non-hydrogen) atoms. The van der Waals surface area contributed by atoms with Gasteiger partial charge in [-0.15, -0.1) is 0 Å². The quantitative estimate of drug-likeness (QED) is 0.0174. The van der Waals surface area contributed by atoms with Gasteiger partial charge >= 0.3 is 29.7 Å². The van der Waals surface area contributed by atoms with E-state index in [1.54, 1.807) is 0 Å². The second-order valence-corrected chi connectivity index (χ2v) is 24.9. The number of unbranched alkanes of at least 4 members (excludes halogenated alkanes) is 39. The van der Waals surface area contributed by atoms with Gasteiger partial charge in [-0.25, -0.2) is 4.79 Å². The van der Waals surface area contributed by atoms with Gasteiger partial charge < -0.3 is 34.3 Å². The van der Waals surface area contributed by atoms with Crippen molar-refractivity contribution in [2.45, 2.75) is 392 Å². The van der Waals surface area contributed by atoms with Crippen LogP contribution in [0.15, 0.2) is 48.6 Å². The number of hydrogen-bond donors (Lipinski definition) is 3. The third kappa shape index (κ3) is 53.7.